The molecule has 2 amide bonds. The summed E-state index contributed by atoms with van der Waals surface area (Å²) in [7, 11) is 1.57. The topological polar surface area (TPSA) is 100 Å². The quantitative estimate of drug-likeness (QED) is 0.424. The van der Waals surface area contributed by atoms with E-state index in [1.165, 1.54) is 6.21 Å². The first kappa shape index (κ1) is 19.9. The standard InChI is InChI=1S/C22H21N3O4/c1-29-17-9-7-16(8-10-17)24-21(27)12-13-22(28)25-23-14-19-18-5-3-2-4-15(18)6-11-20(19)26/h2-11,14,26H,12-13H2,1H3,(H,24,27)(H,25,28). The molecule has 0 unspecified atom stereocenters. The van der Waals surface area contributed by atoms with Gasteiger partial charge in [0.05, 0.1) is 13.3 Å². The molecule has 0 bridgehead atoms. The number of aromatic hydroxyl groups is 1. The van der Waals surface area contributed by atoms with E-state index in [1.807, 2.05) is 30.3 Å². The van der Waals surface area contributed by atoms with Crippen LogP contribution in [0, 0.1) is 0 Å². The predicted octanol–water partition coefficient (Wildman–Crippen LogP) is 3.42. The summed E-state index contributed by atoms with van der Waals surface area (Å²) in [5, 5.41) is 18.4. The molecule has 29 heavy (non-hydrogen) atoms. The SMILES string of the molecule is COc1ccc(NC(=O)CCC(=O)NN=Cc2c(O)ccc3ccccc23)cc1. The summed E-state index contributed by atoms with van der Waals surface area (Å²) in [6.07, 6.45) is 1.40. The molecule has 0 heterocycles. The fraction of sp³-hybridized carbons (Fsp3) is 0.136. The number of ether oxygens (including phenoxy) is 1. The molecule has 0 aromatic heterocycles. The summed E-state index contributed by atoms with van der Waals surface area (Å²) in [5.74, 6) is 0.0879. The minimum atomic E-state index is -0.397. The lowest BCUT2D eigenvalue weighted by Crippen LogP contribution is -2.20. The molecule has 0 aliphatic carbocycles. The minimum absolute atomic E-state index is 0.0130. The number of nitrogens with zero attached hydrogens (tertiary/aromatic N) is 1. The Balaban J connectivity index is 1.51. The van der Waals surface area contributed by atoms with E-state index in [0.29, 0.717) is 17.0 Å². The van der Waals surface area contributed by atoms with Crippen LogP contribution in [0.3, 0.4) is 0 Å². The van der Waals surface area contributed by atoms with Crippen molar-refractivity contribution >= 4 is 34.5 Å². The molecule has 0 aliphatic heterocycles. The monoisotopic (exact) mass is 391 g/mol. The molecule has 0 saturated carbocycles. The van der Waals surface area contributed by atoms with E-state index in [1.54, 1.807) is 37.4 Å². The minimum Gasteiger partial charge on any atom is -0.507 e. The Morgan fingerprint density at radius 3 is 2.48 bits per heavy atom. The van der Waals surface area contributed by atoms with Crippen molar-refractivity contribution in [1.82, 2.24) is 5.43 Å². The maximum Gasteiger partial charge on any atom is 0.240 e. The maximum atomic E-state index is 12.0. The summed E-state index contributed by atoms with van der Waals surface area (Å²) in [6.45, 7) is 0. The fourth-order valence-electron chi connectivity index (χ4n) is 2.77. The van der Waals surface area contributed by atoms with E-state index in [9.17, 15) is 14.7 Å². The summed E-state index contributed by atoms with van der Waals surface area (Å²) in [4.78, 5) is 23.9. The number of hydrazone groups is 1. The molecule has 148 valence electrons. The van der Waals surface area contributed by atoms with Gasteiger partial charge >= 0.3 is 0 Å². The molecule has 3 N–H and O–H groups in total. The highest BCUT2D eigenvalue weighted by Crippen LogP contribution is 2.25. The van der Waals surface area contributed by atoms with Gasteiger partial charge in [-0.05, 0) is 41.1 Å². The maximum absolute atomic E-state index is 12.0. The molecular weight excluding hydrogens is 370 g/mol. The molecular formula is C22H21N3O4. The van der Waals surface area contributed by atoms with E-state index >= 15 is 0 Å². The lowest BCUT2D eigenvalue weighted by Gasteiger charge is -2.06. The van der Waals surface area contributed by atoms with E-state index in [0.717, 1.165) is 10.8 Å². The molecule has 0 atom stereocenters. The molecule has 7 heteroatoms. The zero-order valence-electron chi connectivity index (χ0n) is 15.9. The average Bonchev–Trinajstić information content (AvgIpc) is 2.74. The Kier molecular flexibility index (Phi) is 6.42. The second-order valence-corrected chi connectivity index (χ2v) is 6.29. The van der Waals surface area contributed by atoms with Crippen LogP contribution in [0.4, 0.5) is 5.69 Å². The van der Waals surface area contributed by atoms with Crippen molar-refractivity contribution in [1.29, 1.82) is 0 Å². The number of fused-ring (bicyclic) bond motifs is 1. The van der Waals surface area contributed by atoms with Crippen LogP contribution in [-0.2, 0) is 9.59 Å². The number of phenols is 1. The van der Waals surface area contributed by atoms with Gasteiger partial charge < -0.3 is 15.2 Å². The Labute approximate surface area is 168 Å². The largest absolute Gasteiger partial charge is 0.507 e. The van der Waals surface area contributed by atoms with Gasteiger partial charge in [-0.15, -0.1) is 0 Å². The first-order valence-corrected chi connectivity index (χ1v) is 9.03. The highest BCUT2D eigenvalue weighted by atomic mass is 16.5. The number of amides is 2. The van der Waals surface area contributed by atoms with Gasteiger partial charge in [-0.3, -0.25) is 9.59 Å². The van der Waals surface area contributed by atoms with Crippen LogP contribution in [0.25, 0.3) is 10.8 Å². The molecule has 0 saturated heterocycles. The van der Waals surface area contributed by atoms with E-state index in [-0.39, 0.29) is 24.5 Å². The van der Waals surface area contributed by atoms with Crippen LogP contribution in [0.15, 0.2) is 65.8 Å². The fourth-order valence-corrected chi connectivity index (χ4v) is 2.77. The number of nitrogens with one attached hydrogen (secondary N) is 2. The molecule has 3 rings (SSSR count). The summed E-state index contributed by atoms with van der Waals surface area (Å²) < 4.78 is 5.06. The van der Waals surface area contributed by atoms with Crippen molar-refractivity contribution in [2.75, 3.05) is 12.4 Å². The van der Waals surface area contributed by atoms with Crippen LogP contribution in [0.2, 0.25) is 0 Å². The number of methoxy groups -OCH3 is 1. The van der Waals surface area contributed by atoms with Gasteiger partial charge in [0.25, 0.3) is 0 Å². The Hall–Kier alpha value is -3.87. The van der Waals surface area contributed by atoms with Crippen molar-refractivity contribution in [2.45, 2.75) is 12.8 Å². The Morgan fingerprint density at radius 1 is 1.00 bits per heavy atom. The number of phenolic OH excluding ortho intramolecular Hbond substituents is 1. The van der Waals surface area contributed by atoms with Crippen LogP contribution in [0.1, 0.15) is 18.4 Å². The van der Waals surface area contributed by atoms with E-state index in [4.69, 9.17) is 4.74 Å². The summed E-state index contributed by atoms with van der Waals surface area (Å²) in [5.41, 5.74) is 3.52. The van der Waals surface area contributed by atoms with Gasteiger partial charge in [-0.2, -0.15) is 5.10 Å². The molecule has 3 aromatic carbocycles. The number of carbonyl (C=O) groups is 2. The number of hydrogen-bond acceptors (Lipinski definition) is 5. The van der Waals surface area contributed by atoms with E-state index < -0.39 is 5.91 Å². The number of anilines is 1. The molecule has 0 aliphatic rings. The van der Waals surface area contributed by atoms with Crippen molar-refractivity contribution < 1.29 is 19.4 Å². The zero-order chi connectivity index (χ0) is 20.6. The molecule has 0 fully saturated rings. The van der Waals surface area contributed by atoms with Crippen molar-refractivity contribution in [3.63, 3.8) is 0 Å². The van der Waals surface area contributed by atoms with Crippen LogP contribution in [0.5, 0.6) is 11.5 Å². The summed E-state index contributed by atoms with van der Waals surface area (Å²) >= 11 is 0. The zero-order valence-corrected chi connectivity index (χ0v) is 15.9. The molecule has 3 aromatic rings. The van der Waals surface area contributed by atoms with Crippen LogP contribution in [-0.4, -0.2) is 30.2 Å². The predicted molar refractivity (Wildman–Crippen MR) is 112 cm³/mol. The van der Waals surface area contributed by atoms with Gasteiger partial charge in [0, 0.05) is 24.1 Å². The van der Waals surface area contributed by atoms with Crippen molar-refractivity contribution in [3.05, 3.63) is 66.2 Å². The molecule has 7 nitrogen and oxygen atoms in total. The second kappa shape index (κ2) is 9.36. The first-order valence-electron chi connectivity index (χ1n) is 9.03. The van der Waals surface area contributed by atoms with E-state index in [2.05, 4.69) is 15.8 Å². The number of rotatable bonds is 7. The van der Waals surface area contributed by atoms with Crippen molar-refractivity contribution in [3.8, 4) is 11.5 Å². The first-order chi connectivity index (χ1) is 14.1. The molecule has 0 radical (unpaired) electrons. The normalized spacial score (nSPS) is 10.8. The van der Waals surface area contributed by atoms with Crippen LogP contribution >= 0.6 is 0 Å². The third kappa shape index (κ3) is 5.32. The lowest BCUT2D eigenvalue weighted by molar-refractivity contribution is -0.124. The third-order valence-corrected chi connectivity index (χ3v) is 4.28. The average molecular weight is 391 g/mol. The Morgan fingerprint density at radius 2 is 1.72 bits per heavy atom. The van der Waals surface area contributed by atoms with Crippen molar-refractivity contribution in [2.24, 2.45) is 5.10 Å². The lowest BCUT2D eigenvalue weighted by atomic mass is 10.0. The van der Waals surface area contributed by atoms with Gasteiger partial charge in [0.2, 0.25) is 11.8 Å². The van der Waals surface area contributed by atoms with Crippen LogP contribution < -0.4 is 15.5 Å². The molecule has 0 spiro atoms. The number of hydrogen-bond donors (Lipinski definition) is 3. The highest BCUT2D eigenvalue weighted by Gasteiger charge is 2.08. The van der Waals surface area contributed by atoms with Gasteiger partial charge in [-0.1, -0.05) is 30.3 Å². The number of carbonyl (C=O) groups excluding carboxylic acids is 2. The smallest absolute Gasteiger partial charge is 0.240 e. The number of benzene rings is 3. The van der Waals surface area contributed by atoms with Gasteiger partial charge in [-0.25, -0.2) is 5.43 Å². The summed E-state index contributed by atoms with van der Waals surface area (Å²) in [6, 6.07) is 17.8. The Bertz CT molecular complexity index is 1050. The third-order valence-electron chi connectivity index (χ3n) is 4.28. The highest BCUT2D eigenvalue weighted by molar-refractivity contribution is 6.02. The second-order valence-electron chi connectivity index (χ2n) is 6.29. The van der Waals surface area contributed by atoms with Gasteiger partial charge in [0.1, 0.15) is 11.5 Å². The van der Waals surface area contributed by atoms with Gasteiger partial charge in [0.15, 0.2) is 0 Å².